The lowest BCUT2D eigenvalue weighted by Gasteiger charge is -2.35. The highest BCUT2D eigenvalue weighted by Gasteiger charge is 2.50. The maximum Gasteiger partial charge on any atom is 0.237 e. The molecule has 0 aromatic rings. The van der Waals surface area contributed by atoms with Crippen molar-refractivity contribution in [1.29, 1.82) is 0 Å². The smallest absolute Gasteiger partial charge is 0.237 e. The van der Waals surface area contributed by atoms with E-state index in [1.165, 1.54) is 32.1 Å². The molecule has 0 spiro atoms. The molecule has 0 radical (unpaired) electrons. The molecule has 3 aliphatic rings. The molecule has 2 saturated carbocycles. The summed E-state index contributed by atoms with van der Waals surface area (Å²) in [7, 11) is 0. The second-order valence-corrected chi connectivity index (χ2v) is 7.20. The molecule has 4 unspecified atom stereocenters. The molecule has 4 heteroatoms. The van der Waals surface area contributed by atoms with Crippen LogP contribution in [-0.2, 0) is 4.79 Å². The minimum atomic E-state index is -0.424. The molecule has 0 bridgehead atoms. The Bertz CT molecular complexity index is 382. The van der Waals surface area contributed by atoms with Crippen molar-refractivity contribution in [3.63, 3.8) is 0 Å². The molecule has 1 saturated heterocycles. The van der Waals surface area contributed by atoms with Crippen molar-refractivity contribution in [2.24, 2.45) is 5.73 Å². The van der Waals surface area contributed by atoms with Crippen molar-refractivity contribution in [2.75, 3.05) is 0 Å². The number of primary amides is 1. The molecule has 3 rings (SSSR count). The maximum absolute atomic E-state index is 12.0. The first-order valence-electron chi connectivity index (χ1n) is 8.41. The SMILES string of the molecule is CCC1CCC(C)N1C1CCC(NC2CC2)(C(N)=O)C1. The van der Waals surface area contributed by atoms with Gasteiger partial charge in [0.1, 0.15) is 0 Å². The zero-order valence-corrected chi connectivity index (χ0v) is 12.9. The minimum absolute atomic E-state index is 0.133. The van der Waals surface area contributed by atoms with Crippen molar-refractivity contribution in [3.8, 4) is 0 Å². The first-order valence-corrected chi connectivity index (χ1v) is 8.41. The van der Waals surface area contributed by atoms with Crippen molar-refractivity contribution < 1.29 is 4.79 Å². The van der Waals surface area contributed by atoms with Gasteiger partial charge in [0.15, 0.2) is 0 Å². The summed E-state index contributed by atoms with van der Waals surface area (Å²) in [5, 5.41) is 3.57. The van der Waals surface area contributed by atoms with E-state index < -0.39 is 5.54 Å². The molecule has 2 aliphatic carbocycles. The molecule has 4 nitrogen and oxygen atoms in total. The van der Waals surface area contributed by atoms with Crippen LogP contribution < -0.4 is 11.1 Å². The van der Waals surface area contributed by atoms with Crippen LogP contribution in [0.15, 0.2) is 0 Å². The number of nitrogens with zero attached hydrogens (tertiary/aromatic N) is 1. The van der Waals surface area contributed by atoms with Crippen LogP contribution in [0.3, 0.4) is 0 Å². The van der Waals surface area contributed by atoms with E-state index >= 15 is 0 Å². The number of carbonyl (C=O) groups excluding carboxylic acids is 1. The molecule has 1 aliphatic heterocycles. The topological polar surface area (TPSA) is 58.4 Å². The van der Waals surface area contributed by atoms with E-state index in [0.29, 0.717) is 24.2 Å². The van der Waals surface area contributed by atoms with Crippen LogP contribution in [0.5, 0.6) is 0 Å². The predicted molar refractivity (Wildman–Crippen MR) is 80.3 cm³/mol. The molecule has 20 heavy (non-hydrogen) atoms. The van der Waals surface area contributed by atoms with Crippen molar-refractivity contribution in [3.05, 3.63) is 0 Å². The number of nitrogens with two attached hydrogens (primary N) is 1. The summed E-state index contributed by atoms with van der Waals surface area (Å²) >= 11 is 0. The van der Waals surface area contributed by atoms with Gasteiger partial charge in [0, 0.05) is 24.2 Å². The summed E-state index contributed by atoms with van der Waals surface area (Å²) in [6, 6.07) is 2.45. The molecule has 3 N–H and O–H groups in total. The zero-order valence-electron chi connectivity index (χ0n) is 12.9. The highest BCUT2D eigenvalue weighted by molar-refractivity contribution is 5.85. The van der Waals surface area contributed by atoms with Gasteiger partial charge in [0.2, 0.25) is 5.91 Å². The summed E-state index contributed by atoms with van der Waals surface area (Å²) in [6.45, 7) is 4.63. The van der Waals surface area contributed by atoms with E-state index in [9.17, 15) is 4.79 Å². The van der Waals surface area contributed by atoms with E-state index in [4.69, 9.17) is 5.73 Å². The lowest BCUT2D eigenvalue weighted by molar-refractivity contribution is -0.124. The molecule has 114 valence electrons. The first kappa shape index (κ1) is 14.3. The van der Waals surface area contributed by atoms with Crippen LogP contribution in [0.1, 0.15) is 65.2 Å². The van der Waals surface area contributed by atoms with Gasteiger partial charge >= 0.3 is 0 Å². The molecule has 0 aromatic carbocycles. The third-order valence-electron chi connectivity index (χ3n) is 5.76. The number of hydrogen-bond donors (Lipinski definition) is 2. The summed E-state index contributed by atoms with van der Waals surface area (Å²) in [6.07, 6.45) is 9.20. The maximum atomic E-state index is 12.0. The van der Waals surface area contributed by atoms with Gasteiger partial charge < -0.3 is 11.1 Å². The average molecular weight is 279 g/mol. The number of amides is 1. The molecule has 4 atom stereocenters. The number of hydrogen-bond acceptors (Lipinski definition) is 3. The largest absolute Gasteiger partial charge is 0.368 e. The van der Waals surface area contributed by atoms with Gasteiger partial charge in [-0.05, 0) is 58.3 Å². The fraction of sp³-hybridized carbons (Fsp3) is 0.938. The van der Waals surface area contributed by atoms with Crippen LogP contribution in [0.4, 0.5) is 0 Å². The normalized spacial score (nSPS) is 42.2. The number of likely N-dealkylation sites (tertiary alicyclic amines) is 1. The molecule has 3 fully saturated rings. The Kier molecular flexibility index (Phi) is 3.80. The van der Waals surface area contributed by atoms with Crippen LogP contribution in [0.2, 0.25) is 0 Å². The van der Waals surface area contributed by atoms with E-state index in [1.807, 2.05) is 0 Å². The molecule has 1 heterocycles. The summed E-state index contributed by atoms with van der Waals surface area (Å²) in [5.74, 6) is -0.133. The third kappa shape index (κ3) is 2.48. The van der Waals surface area contributed by atoms with Gasteiger partial charge in [-0.2, -0.15) is 0 Å². The quantitative estimate of drug-likeness (QED) is 0.806. The first-order chi connectivity index (χ1) is 9.55. The van der Waals surface area contributed by atoms with Crippen LogP contribution in [-0.4, -0.2) is 40.5 Å². The Morgan fingerprint density at radius 3 is 2.65 bits per heavy atom. The van der Waals surface area contributed by atoms with Crippen LogP contribution in [0.25, 0.3) is 0 Å². The number of rotatable bonds is 5. The van der Waals surface area contributed by atoms with E-state index in [-0.39, 0.29) is 5.91 Å². The second kappa shape index (κ2) is 5.30. The molecule has 0 aromatic heterocycles. The van der Waals surface area contributed by atoms with Crippen LogP contribution in [0, 0.1) is 0 Å². The predicted octanol–water partition coefficient (Wildman–Crippen LogP) is 1.78. The number of nitrogens with one attached hydrogen (secondary N) is 1. The summed E-state index contributed by atoms with van der Waals surface area (Å²) in [5.41, 5.74) is 5.33. The highest BCUT2D eigenvalue weighted by atomic mass is 16.1. The van der Waals surface area contributed by atoms with Crippen molar-refractivity contribution >= 4 is 5.91 Å². The Morgan fingerprint density at radius 1 is 1.30 bits per heavy atom. The van der Waals surface area contributed by atoms with Gasteiger partial charge in [-0.1, -0.05) is 6.92 Å². The second-order valence-electron chi connectivity index (χ2n) is 7.20. The van der Waals surface area contributed by atoms with Crippen LogP contribution >= 0.6 is 0 Å². The van der Waals surface area contributed by atoms with Gasteiger partial charge in [-0.15, -0.1) is 0 Å². The van der Waals surface area contributed by atoms with Gasteiger partial charge in [0.25, 0.3) is 0 Å². The molecular weight excluding hydrogens is 250 g/mol. The van der Waals surface area contributed by atoms with E-state index in [0.717, 1.165) is 19.3 Å². The van der Waals surface area contributed by atoms with Crippen molar-refractivity contribution in [1.82, 2.24) is 10.2 Å². The monoisotopic (exact) mass is 279 g/mol. The fourth-order valence-electron chi connectivity index (χ4n) is 4.48. The molecule has 1 amide bonds. The molecular formula is C16H29N3O. The summed E-state index contributed by atoms with van der Waals surface area (Å²) < 4.78 is 0. The Morgan fingerprint density at radius 2 is 2.05 bits per heavy atom. The average Bonchev–Trinajstić information content (AvgIpc) is 2.98. The minimum Gasteiger partial charge on any atom is -0.368 e. The third-order valence-corrected chi connectivity index (χ3v) is 5.76. The fourth-order valence-corrected chi connectivity index (χ4v) is 4.48. The van der Waals surface area contributed by atoms with Gasteiger partial charge in [-0.25, -0.2) is 0 Å². The Balaban J connectivity index is 1.72. The van der Waals surface area contributed by atoms with Gasteiger partial charge in [0.05, 0.1) is 5.54 Å². The van der Waals surface area contributed by atoms with E-state index in [1.54, 1.807) is 0 Å². The Hall–Kier alpha value is -0.610. The summed E-state index contributed by atoms with van der Waals surface area (Å²) in [4.78, 5) is 14.7. The highest BCUT2D eigenvalue weighted by Crippen LogP contribution is 2.40. The Labute approximate surface area is 122 Å². The number of carbonyl (C=O) groups is 1. The lowest BCUT2D eigenvalue weighted by atomic mass is 9.95. The van der Waals surface area contributed by atoms with Gasteiger partial charge in [-0.3, -0.25) is 9.69 Å². The lowest BCUT2D eigenvalue weighted by Crippen LogP contribution is -2.56. The zero-order chi connectivity index (χ0) is 14.3. The standard InChI is InChI=1S/C16H29N3O/c1-3-13-7-4-11(2)19(13)14-8-9-16(10-14,15(17)20)18-12-5-6-12/h11-14,18H,3-10H2,1-2H3,(H2,17,20). The van der Waals surface area contributed by atoms with E-state index in [2.05, 4.69) is 24.1 Å². The van der Waals surface area contributed by atoms with Crippen molar-refractivity contribution in [2.45, 2.75) is 94.9 Å².